The molecule has 1 aliphatic carbocycles. The van der Waals surface area contributed by atoms with Gasteiger partial charge in [-0.05, 0) is 69.1 Å². The summed E-state index contributed by atoms with van der Waals surface area (Å²) < 4.78 is 46.4. The van der Waals surface area contributed by atoms with Gasteiger partial charge in [0.15, 0.2) is 0 Å². The molecule has 2 aromatic heterocycles. The smallest absolute Gasteiger partial charge is 0.262 e. The summed E-state index contributed by atoms with van der Waals surface area (Å²) in [5, 5.41) is 5.76. The average molecular weight is 875 g/mol. The minimum absolute atomic E-state index is 0.000923. The summed E-state index contributed by atoms with van der Waals surface area (Å²) in [4.78, 5) is 92.3. The van der Waals surface area contributed by atoms with Crippen molar-refractivity contribution < 1.29 is 36.8 Å². The van der Waals surface area contributed by atoms with Crippen molar-refractivity contribution in [1.29, 1.82) is 0 Å². The molecule has 18 nitrogen and oxygen atoms in total. The molecule has 5 amide bonds. The number of benzene rings is 1. The molecule has 7 heterocycles. The van der Waals surface area contributed by atoms with Crippen LogP contribution in [0.15, 0.2) is 35.3 Å². The molecule has 20 heteroatoms. The maximum Gasteiger partial charge on any atom is 0.262 e. The molecule has 4 saturated heterocycles. The topological polar surface area (TPSA) is 208 Å². The van der Waals surface area contributed by atoms with Gasteiger partial charge >= 0.3 is 0 Å². The second-order valence-corrected chi connectivity index (χ2v) is 19.7. The number of piperidine rings is 3. The van der Waals surface area contributed by atoms with Gasteiger partial charge < -0.3 is 15.1 Å². The molecule has 5 aliphatic heterocycles. The van der Waals surface area contributed by atoms with E-state index in [0.717, 1.165) is 35.6 Å². The highest BCUT2D eigenvalue weighted by molar-refractivity contribution is 7.89. The summed E-state index contributed by atoms with van der Waals surface area (Å²) in [6.45, 7) is 5.23. The highest BCUT2D eigenvalue weighted by atomic mass is 32.2. The molecule has 5 fully saturated rings. The molecule has 9 rings (SSSR count). The number of pyridine rings is 1. The van der Waals surface area contributed by atoms with Gasteiger partial charge in [0.2, 0.25) is 33.7 Å². The Morgan fingerprint density at radius 1 is 0.871 bits per heavy atom. The molecule has 62 heavy (non-hydrogen) atoms. The number of nitrogens with one attached hydrogen (secondary N) is 2. The summed E-state index contributed by atoms with van der Waals surface area (Å²) in [7, 11) is -3.59. The standard InChI is InChI=1S/C42H51FN10O8S/c1-25-3-2-4-32(25)52-36(55)8-5-26-23-44-42(47-38(26)52)45-27-9-15-51(16-10-27)62(60,61)28-11-13-50(14-12-28)37(56)24-48-17-19-49(20-18-48)34-22-30-29(21-31(34)43)40(58)53(41(30)59)33-6-7-35(54)46-39(33)57/h5,8,21-23,25,27-28,32-33H,2-4,6-7,9-20,24H2,1H3,(H,44,45,47)(H,46,54,57)/t25-,32?,33?/m0/s1. The van der Waals surface area contributed by atoms with E-state index in [9.17, 15) is 37.2 Å². The molecular weight excluding hydrogens is 824 g/mol. The van der Waals surface area contributed by atoms with Crippen molar-refractivity contribution in [2.75, 3.05) is 69.1 Å². The number of fused-ring (bicyclic) bond motifs is 2. The quantitative estimate of drug-likeness (QED) is 0.294. The lowest BCUT2D eigenvalue weighted by Crippen LogP contribution is -2.54. The SMILES string of the molecule is C[C@H]1CCCC1n1c(=O)ccc2cnc(NC3CCN(S(=O)(=O)C4CCN(C(=O)CN5CCN(c6cc7c(cc6F)C(=O)N(C6CCC(=O)NC6=O)C7=O)CC5)CC4)CC3)nc21. The molecule has 2 N–H and O–H groups in total. The highest BCUT2D eigenvalue weighted by Gasteiger charge is 2.46. The number of carbonyl (C=O) groups is 5. The van der Waals surface area contributed by atoms with Crippen LogP contribution in [0.2, 0.25) is 0 Å². The van der Waals surface area contributed by atoms with Crippen molar-refractivity contribution >= 4 is 62.2 Å². The van der Waals surface area contributed by atoms with Crippen LogP contribution < -0.4 is 21.1 Å². The Bertz CT molecular complexity index is 2500. The first-order valence-electron chi connectivity index (χ1n) is 21.7. The fourth-order valence-electron chi connectivity index (χ4n) is 10.1. The van der Waals surface area contributed by atoms with Gasteiger partial charge in [0.05, 0.1) is 28.6 Å². The zero-order valence-corrected chi connectivity index (χ0v) is 35.4. The van der Waals surface area contributed by atoms with Crippen LogP contribution in [0.5, 0.6) is 0 Å². The van der Waals surface area contributed by atoms with Crippen LogP contribution in [0.25, 0.3) is 11.0 Å². The van der Waals surface area contributed by atoms with Gasteiger partial charge in [-0.2, -0.15) is 4.98 Å². The van der Waals surface area contributed by atoms with Gasteiger partial charge in [-0.15, -0.1) is 0 Å². The van der Waals surface area contributed by atoms with Crippen molar-refractivity contribution in [3.05, 3.63) is 57.8 Å². The van der Waals surface area contributed by atoms with Crippen LogP contribution in [0.1, 0.15) is 91.5 Å². The highest BCUT2D eigenvalue weighted by Crippen LogP contribution is 2.36. The second kappa shape index (κ2) is 16.7. The van der Waals surface area contributed by atoms with Crippen LogP contribution in [0.4, 0.5) is 16.0 Å². The molecule has 0 radical (unpaired) electrons. The predicted molar refractivity (Wildman–Crippen MR) is 224 cm³/mol. The Labute approximate surface area is 357 Å². The van der Waals surface area contributed by atoms with E-state index >= 15 is 4.39 Å². The van der Waals surface area contributed by atoms with Crippen molar-refractivity contribution in [1.82, 2.24) is 38.9 Å². The van der Waals surface area contributed by atoms with Crippen molar-refractivity contribution in [2.45, 2.75) is 88.1 Å². The number of likely N-dealkylation sites (tertiary alicyclic amines) is 1. The minimum atomic E-state index is -3.59. The Balaban J connectivity index is 0.738. The lowest BCUT2D eigenvalue weighted by molar-refractivity contribution is -0.136. The predicted octanol–water partition coefficient (Wildman–Crippen LogP) is 1.71. The number of amides is 5. The first-order valence-corrected chi connectivity index (χ1v) is 23.2. The Morgan fingerprint density at radius 2 is 1.58 bits per heavy atom. The van der Waals surface area contributed by atoms with Gasteiger partial charge in [-0.3, -0.25) is 48.5 Å². The largest absolute Gasteiger partial charge is 0.367 e. The molecule has 2 unspecified atom stereocenters. The fourth-order valence-corrected chi connectivity index (χ4v) is 12.1. The monoisotopic (exact) mass is 874 g/mol. The van der Waals surface area contributed by atoms with E-state index in [2.05, 4.69) is 22.5 Å². The zero-order valence-electron chi connectivity index (χ0n) is 34.6. The molecular formula is C42H51FN10O8S. The third-order valence-corrected chi connectivity index (χ3v) is 16.2. The van der Waals surface area contributed by atoms with E-state index < -0.39 is 50.8 Å². The number of carbonyl (C=O) groups excluding carboxylic acids is 5. The number of sulfonamides is 1. The lowest BCUT2D eigenvalue weighted by Gasteiger charge is -2.39. The third-order valence-electron chi connectivity index (χ3n) is 13.8. The summed E-state index contributed by atoms with van der Waals surface area (Å²) in [5.74, 6) is -2.69. The number of hydrogen-bond acceptors (Lipinski definition) is 13. The molecule has 1 saturated carbocycles. The molecule has 3 aromatic rings. The zero-order chi connectivity index (χ0) is 43.4. The number of rotatable bonds is 9. The summed E-state index contributed by atoms with van der Waals surface area (Å²) in [6.07, 6.45) is 6.62. The number of nitrogens with zero attached hydrogens (tertiary/aromatic N) is 8. The van der Waals surface area contributed by atoms with Gasteiger partial charge in [0.1, 0.15) is 17.5 Å². The van der Waals surface area contributed by atoms with Crippen molar-refractivity contribution in [3.8, 4) is 0 Å². The second-order valence-electron chi connectivity index (χ2n) is 17.5. The normalized spacial score (nSPS) is 24.9. The van der Waals surface area contributed by atoms with Crippen LogP contribution in [0, 0.1) is 11.7 Å². The maximum absolute atomic E-state index is 15.4. The maximum atomic E-state index is 15.4. The van der Waals surface area contributed by atoms with E-state index in [-0.39, 0.29) is 59.8 Å². The van der Waals surface area contributed by atoms with E-state index in [1.54, 1.807) is 32.4 Å². The molecule has 330 valence electrons. The van der Waals surface area contributed by atoms with Crippen molar-refractivity contribution in [2.24, 2.45) is 5.92 Å². The lowest BCUT2D eigenvalue weighted by atomic mass is 10.0. The number of aromatic nitrogens is 3. The number of anilines is 2. The Kier molecular flexibility index (Phi) is 11.3. The van der Waals surface area contributed by atoms with Crippen LogP contribution in [0.3, 0.4) is 0 Å². The van der Waals surface area contributed by atoms with Gasteiger partial charge in [-0.1, -0.05) is 13.3 Å². The molecule has 1 aromatic carbocycles. The first-order chi connectivity index (χ1) is 29.8. The Morgan fingerprint density at radius 3 is 2.26 bits per heavy atom. The summed E-state index contributed by atoms with van der Waals surface area (Å²) >= 11 is 0. The molecule has 0 bridgehead atoms. The number of imide groups is 2. The minimum Gasteiger partial charge on any atom is -0.367 e. The van der Waals surface area contributed by atoms with E-state index in [1.165, 1.54) is 6.07 Å². The van der Waals surface area contributed by atoms with Crippen molar-refractivity contribution in [3.63, 3.8) is 0 Å². The van der Waals surface area contributed by atoms with E-state index in [0.29, 0.717) is 95.6 Å². The van der Waals surface area contributed by atoms with Crippen LogP contribution in [-0.4, -0.2) is 148 Å². The van der Waals surface area contributed by atoms with Gasteiger partial charge in [0.25, 0.3) is 17.4 Å². The van der Waals surface area contributed by atoms with Crippen LogP contribution in [-0.2, 0) is 24.4 Å². The molecule has 3 atom stereocenters. The summed E-state index contributed by atoms with van der Waals surface area (Å²) in [5.41, 5.74) is 0.561. The van der Waals surface area contributed by atoms with Crippen LogP contribution >= 0.6 is 0 Å². The van der Waals surface area contributed by atoms with E-state index in [4.69, 9.17) is 4.98 Å². The average Bonchev–Trinajstić information content (AvgIpc) is 3.79. The number of hydrogen-bond donors (Lipinski definition) is 2. The summed E-state index contributed by atoms with van der Waals surface area (Å²) in [6, 6.07) is 4.62. The first kappa shape index (κ1) is 42.0. The van der Waals surface area contributed by atoms with Gasteiger partial charge in [0, 0.05) is 88.5 Å². The number of piperazine rings is 1. The third kappa shape index (κ3) is 7.84. The van der Waals surface area contributed by atoms with Gasteiger partial charge in [-0.25, -0.2) is 22.1 Å². The molecule has 6 aliphatic rings. The molecule has 0 spiro atoms. The van der Waals surface area contributed by atoms with E-state index in [1.807, 2.05) is 9.47 Å². The fraction of sp³-hybridized carbons (Fsp3) is 0.571. The number of halogens is 1. The Hall–Kier alpha value is -5.34.